The molecule has 0 radical (unpaired) electrons. The van der Waals surface area contributed by atoms with E-state index in [1.165, 1.54) is 18.3 Å². The molecule has 108 valence electrons. The lowest BCUT2D eigenvalue weighted by molar-refractivity contribution is -0.445. The fourth-order valence-electron chi connectivity index (χ4n) is 1.13. The molecule has 0 aliphatic heterocycles. The number of para-hydroxylation sites is 1. The van der Waals surface area contributed by atoms with Crippen molar-refractivity contribution in [2.75, 3.05) is 19.2 Å². The highest BCUT2D eigenvalue weighted by Crippen LogP contribution is 2.13. The Morgan fingerprint density at radius 2 is 1.95 bits per heavy atom. The first-order chi connectivity index (χ1) is 9.42. The average molecular weight is 279 g/mol. The molecule has 1 aromatic carbocycles. The van der Waals surface area contributed by atoms with Crippen LogP contribution in [-0.4, -0.2) is 30.8 Å². The summed E-state index contributed by atoms with van der Waals surface area (Å²) in [6.07, 6.45) is 1.53. The van der Waals surface area contributed by atoms with E-state index < -0.39 is 10.9 Å². The van der Waals surface area contributed by atoms with Gasteiger partial charge in [-0.3, -0.25) is 10.1 Å². The summed E-state index contributed by atoms with van der Waals surface area (Å²) in [5, 5.41) is 14.4. The van der Waals surface area contributed by atoms with Crippen LogP contribution in [0.15, 0.2) is 48.2 Å². The monoisotopic (exact) mass is 279 g/mol. The number of hydrazone groups is 1. The summed E-state index contributed by atoms with van der Waals surface area (Å²) in [6.45, 7) is 5.23. The molecule has 0 fully saturated rings. The molecular formula is C13H17N3O4. The lowest BCUT2D eigenvalue weighted by Crippen LogP contribution is -2.17. The molecule has 0 saturated heterocycles. The van der Waals surface area contributed by atoms with Crippen LogP contribution in [0.1, 0.15) is 6.92 Å². The Labute approximate surface area is 117 Å². The number of rotatable bonds is 4. The van der Waals surface area contributed by atoms with Gasteiger partial charge in [0.2, 0.25) is 0 Å². The topological polar surface area (TPSA) is 85.0 Å². The highest BCUT2D eigenvalue weighted by Gasteiger charge is 2.07. The van der Waals surface area contributed by atoms with E-state index in [4.69, 9.17) is 10.1 Å². The number of carbonyl (C=O) groups is 1. The number of nitrogens with zero attached hydrogens (tertiary/aromatic N) is 3. The van der Waals surface area contributed by atoms with Gasteiger partial charge in [0.25, 0.3) is 0 Å². The molecule has 20 heavy (non-hydrogen) atoms. The van der Waals surface area contributed by atoms with Crippen LogP contribution in [0.3, 0.4) is 0 Å². The first-order valence-corrected chi connectivity index (χ1v) is 5.60. The summed E-state index contributed by atoms with van der Waals surface area (Å²) in [5.41, 5.74) is 1.10. The molecule has 7 nitrogen and oxygen atoms in total. The van der Waals surface area contributed by atoms with Crippen LogP contribution in [0.5, 0.6) is 0 Å². The van der Waals surface area contributed by atoms with Crippen molar-refractivity contribution >= 4 is 17.4 Å². The maximum absolute atomic E-state index is 11.2. The Hall–Kier alpha value is -2.70. The summed E-state index contributed by atoms with van der Waals surface area (Å²) in [4.78, 5) is 19.5. The predicted octanol–water partition coefficient (Wildman–Crippen LogP) is 2.08. The molecule has 0 aliphatic rings. The number of hydrogen-bond acceptors (Lipinski definition) is 6. The number of benzene rings is 1. The zero-order valence-electron chi connectivity index (χ0n) is 11.6. The summed E-state index contributed by atoms with van der Waals surface area (Å²) in [7, 11) is 2.21. The highest BCUT2D eigenvalue weighted by molar-refractivity contribution is 6.35. The van der Waals surface area contributed by atoms with Crippen LogP contribution in [0, 0.1) is 10.1 Å². The molecule has 0 N–H and O–H groups in total. The molecule has 0 amide bonds. The molecule has 1 aromatic rings. The standard InChI is InChI=1S/C12H14N2O2.CH3NO2/c1-4-14(11-8-6-5-7-9-11)13-10(2)12(15)16-3;1-2(3)4/h4-9H,1H2,2-3H3;1H3/b13-10+;. The lowest BCUT2D eigenvalue weighted by Gasteiger charge is -2.14. The quantitative estimate of drug-likeness (QED) is 0.364. The second-order valence-corrected chi connectivity index (χ2v) is 3.48. The van der Waals surface area contributed by atoms with Gasteiger partial charge in [0, 0.05) is 11.1 Å². The van der Waals surface area contributed by atoms with E-state index in [1.54, 1.807) is 6.92 Å². The highest BCUT2D eigenvalue weighted by atomic mass is 16.6. The van der Waals surface area contributed by atoms with Crippen molar-refractivity contribution in [1.82, 2.24) is 0 Å². The van der Waals surface area contributed by atoms with Crippen LogP contribution >= 0.6 is 0 Å². The van der Waals surface area contributed by atoms with Gasteiger partial charge >= 0.3 is 5.97 Å². The van der Waals surface area contributed by atoms with Gasteiger partial charge in [0.15, 0.2) is 7.05 Å². The molecule has 0 saturated carbocycles. The summed E-state index contributed by atoms with van der Waals surface area (Å²) < 4.78 is 4.56. The van der Waals surface area contributed by atoms with Gasteiger partial charge in [-0.05, 0) is 19.1 Å². The van der Waals surface area contributed by atoms with Gasteiger partial charge in [-0.1, -0.05) is 24.8 Å². The van der Waals surface area contributed by atoms with E-state index in [1.807, 2.05) is 30.3 Å². The normalized spacial score (nSPS) is 9.85. The minimum Gasteiger partial charge on any atom is -0.464 e. The van der Waals surface area contributed by atoms with Gasteiger partial charge in [-0.15, -0.1) is 0 Å². The third kappa shape index (κ3) is 6.90. The third-order valence-electron chi connectivity index (χ3n) is 1.93. The Balaban J connectivity index is 0.000000796. The summed E-state index contributed by atoms with van der Waals surface area (Å²) >= 11 is 0. The first-order valence-electron chi connectivity index (χ1n) is 5.60. The number of methoxy groups -OCH3 is 1. The molecule has 0 aliphatic carbocycles. The van der Waals surface area contributed by atoms with Crippen LogP contribution in [-0.2, 0) is 9.53 Å². The minimum absolute atomic E-state index is 0.270. The molecule has 0 bridgehead atoms. The largest absolute Gasteiger partial charge is 0.464 e. The second-order valence-electron chi connectivity index (χ2n) is 3.48. The van der Waals surface area contributed by atoms with E-state index in [0.29, 0.717) is 0 Å². The summed E-state index contributed by atoms with van der Waals surface area (Å²) in [5.74, 6) is -0.456. The van der Waals surface area contributed by atoms with Crippen LogP contribution in [0.2, 0.25) is 0 Å². The number of nitro groups is 1. The van der Waals surface area contributed by atoms with Crippen molar-refractivity contribution in [3.63, 3.8) is 0 Å². The Morgan fingerprint density at radius 3 is 2.35 bits per heavy atom. The predicted molar refractivity (Wildman–Crippen MR) is 77.2 cm³/mol. The molecule has 1 rings (SSSR count). The molecule has 0 spiro atoms. The summed E-state index contributed by atoms with van der Waals surface area (Å²) in [6, 6.07) is 9.41. The van der Waals surface area contributed by atoms with Crippen molar-refractivity contribution in [2.45, 2.75) is 6.92 Å². The Kier molecular flexibility index (Phi) is 8.01. The van der Waals surface area contributed by atoms with Crippen molar-refractivity contribution in [3.8, 4) is 0 Å². The van der Waals surface area contributed by atoms with E-state index in [2.05, 4.69) is 16.4 Å². The smallest absolute Gasteiger partial charge is 0.353 e. The number of carbonyl (C=O) groups excluding carboxylic acids is 1. The number of hydrogen-bond donors (Lipinski definition) is 0. The van der Waals surface area contributed by atoms with Crippen LogP contribution < -0.4 is 5.01 Å². The van der Waals surface area contributed by atoms with E-state index in [9.17, 15) is 4.79 Å². The van der Waals surface area contributed by atoms with E-state index >= 15 is 0 Å². The van der Waals surface area contributed by atoms with Gasteiger partial charge in [-0.25, -0.2) is 9.80 Å². The zero-order valence-corrected chi connectivity index (χ0v) is 11.6. The van der Waals surface area contributed by atoms with Crippen molar-refractivity contribution < 1.29 is 14.5 Å². The number of esters is 1. The molecule has 7 heteroatoms. The second kappa shape index (κ2) is 9.26. The lowest BCUT2D eigenvalue weighted by atomic mass is 10.3. The minimum atomic E-state index is -0.500. The molecule has 0 unspecified atom stereocenters. The van der Waals surface area contributed by atoms with E-state index in [0.717, 1.165) is 12.7 Å². The van der Waals surface area contributed by atoms with Gasteiger partial charge in [0.05, 0.1) is 12.8 Å². The molecule has 0 atom stereocenters. The molecular weight excluding hydrogens is 262 g/mol. The maximum atomic E-state index is 11.2. The zero-order chi connectivity index (χ0) is 15.5. The number of ether oxygens (including phenoxy) is 1. The first kappa shape index (κ1) is 17.3. The van der Waals surface area contributed by atoms with Crippen molar-refractivity contribution in [3.05, 3.63) is 53.2 Å². The van der Waals surface area contributed by atoms with Crippen LogP contribution in [0.4, 0.5) is 5.69 Å². The molecule has 0 aromatic heterocycles. The van der Waals surface area contributed by atoms with Crippen molar-refractivity contribution in [2.24, 2.45) is 5.10 Å². The van der Waals surface area contributed by atoms with Crippen LogP contribution in [0.25, 0.3) is 0 Å². The third-order valence-corrected chi connectivity index (χ3v) is 1.93. The SMILES string of the molecule is C=CN(/N=C(\C)C(=O)OC)c1ccccc1.C[N+](=O)[O-]. The van der Waals surface area contributed by atoms with Gasteiger partial charge in [0.1, 0.15) is 5.71 Å². The van der Waals surface area contributed by atoms with Gasteiger partial charge < -0.3 is 4.74 Å². The Morgan fingerprint density at radius 1 is 1.45 bits per heavy atom. The number of anilines is 1. The fourth-order valence-corrected chi connectivity index (χ4v) is 1.13. The van der Waals surface area contributed by atoms with E-state index in [-0.39, 0.29) is 5.71 Å². The maximum Gasteiger partial charge on any atom is 0.353 e. The van der Waals surface area contributed by atoms with Crippen molar-refractivity contribution in [1.29, 1.82) is 0 Å². The average Bonchev–Trinajstić information content (AvgIpc) is 2.43. The van der Waals surface area contributed by atoms with Gasteiger partial charge in [-0.2, -0.15) is 5.10 Å². The molecule has 0 heterocycles. The fraction of sp³-hybridized carbons (Fsp3) is 0.231. The Bertz CT molecular complexity index is 482.